The standard InChI is InChI=1S/C27H34N4O6S/c1-36-24-9-5-4-8-22(24)28-14-16-29(17-15-28)26(32)19-31-23-18-21(10-11-25(23)37-20-27(31)33)38(34,35)30-12-6-2-3-7-13-30/h4-5,8-11,18H,2-3,6-7,12-17,19-20H2,1H3. The van der Waals surface area contributed by atoms with E-state index in [-0.39, 0.29) is 29.9 Å². The number of sulfonamides is 1. The number of ether oxygens (including phenoxy) is 2. The van der Waals surface area contributed by atoms with Gasteiger partial charge in [0.2, 0.25) is 15.9 Å². The maximum atomic E-state index is 13.4. The maximum Gasteiger partial charge on any atom is 0.265 e. The number of rotatable bonds is 6. The third-order valence-corrected chi connectivity index (χ3v) is 9.32. The number of carbonyl (C=O) groups is 2. The Bertz CT molecular complexity index is 1280. The highest BCUT2D eigenvalue weighted by atomic mass is 32.2. The number of nitrogens with zero attached hydrogens (tertiary/aromatic N) is 4. The van der Waals surface area contributed by atoms with Crippen molar-refractivity contribution in [1.82, 2.24) is 9.21 Å². The zero-order chi connectivity index (χ0) is 26.7. The first-order valence-electron chi connectivity index (χ1n) is 13.1. The predicted molar refractivity (Wildman–Crippen MR) is 143 cm³/mol. The average Bonchev–Trinajstić information content (AvgIpc) is 3.25. The molecule has 0 spiro atoms. The number of anilines is 2. The van der Waals surface area contributed by atoms with Crippen LogP contribution in [0.1, 0.15) is 25.7 Å². The lowest BCUT2D eigenvalue weighted by atomic mass is 10.2. The molecule has 3 aliphatic rings. The fourth-order valence-corrected chi connectivity index (χ4v) is 6.81. The first kappa shape index (κ1) is 26.3. The van der Waals surface area contributed by atoms with Crippen LogP contribution in [0.25, 0.3) is 0 Å². The van der Waals surface area contributed by atoms with Gasteiger partial charge in [-0.05, 0) is 43.2 Å². The minimum absolute atomic E-state index is 0.110. The van der Waals surface area contributed by atoms with Gasteiger partial charge in [0.1, 0.15) is 18.0 Å². The van der Waals surface area contributed by atoms with Crippen LogP contribution >= 0.6 is 0 Å². The Morgan fingerprint density at radius 2 is 1.63 bits per heavy atom. The minimum atomic E-state index is -3.72. The van der Waals surface area contributed by atoms with Crippen molar-refractivity contribution in [3.8, 4) is 11.5 Å². The van der Waals surface area contributed by atoms with E-state index in [9.17, 15) is 18.0 Å². The molecule has 0 radical (unpaired) electrons. The van der Waals surface area contributed by atoms with Crippen LogP contribution in [0.5, 0.6) is 11.5 Å². The summed E-state index contributed by atoms with van der Waals surface area (Å²) in [5, 5.41) is 0. The van der Waals surface area contributed by atoms with E-state index in [1.54, 1.807) is 18.1 Å². The van der Waals surface area contributed by atoms with Crippen molar-refractivity contribution < 1.29 is 27.5 Å². The Morgan fingerprint density at radius 1 is 0.921 bits per heavy atom. The zero-order valence-electron chi connectivity index (χ0n) is 21.7. The van der Waals surface area contributed by atoms with Gasteiger partial charge in [0.05, 0.1) is 23.4 Å². The van der Waals surface area contributed by atoms with Crippen LogP contribution in [-0.4, -0.2) is 89.0 Å². The minimum Gasteiger partial charge on any atom is -0.495 e. The van der Waals surface area contributed by atoms with Gasteiger partial charge in [-0.3, -0.25) is 14.5 Å². The second-order valence-corrected chi connectivity index (χ2v) is 11.7. The Balaban J connectivity index is 1.30. The zero-order valence-corrected chi connectivity index (χ0v) is 22.5. The Hall–Kier alpha value is -3.31. The quantitative estimate of drug-likeness (QED) is 0.553. The summed E-state index contributed by atoms with van der Waals surface area (Å²) in [7, 11) is -2.08. The van der Waals surface area contributed by atoms with Gasteiger partial charge in [0.15, 0.2) is 6.61 Å². The second kappa shape index (κ2) is 11.2. The van der Waals surface area contributed by atoms with Crippen molar-refractivity contribution in [1.29, 1.82) is 0 Å². The highest BCUT2D eigenvalue weighted by Gasteiger charge is 2.33. The van der Waals surface area contributed by atoms with Gasteiger partial charge in [-0.15, -0.1) is 0 Å². The Kier molecular flexibility index (Phi) is 7.75. The summed E-state index contributed by atoms with van der Waals surface area (Å²) < 4.78 is 39.3. The van der Waals surface area contributed by atoms with Crippen molar-refractivity contribution in [2.24, 2.45) is 0 Å². The van der Waals surface area contributed by atoms with Gasteiger partial charge < -0.3 is 19.3 Å². The van der Waals surface area contributed by atoms with Gasteiger partial charge in [-0.25, -0.2) is 8.42 Å². The Morgan fingerprint density at radius 3 is 2.34 bits per heavy atom. The number of piperazine rings is 1. The number of carbonyl (C=O) groups excluding carboxylic acids is 2. The van der Waals surface area contributed by atoms with Crippen LogP contribution in [0.4, 0.5) is 11.4 Å². The van der Waals surface area contributed by atoms with Crippen molar-refractivity contribution in [3.05, 3.63) is 42.5 Å². The van der Waals surface area contributed by atoms with Crippen LogP contribution in [-0.2, 0) is 19.6 Å². The van der Waals surface area contributed by atoms with Gasteiger partial charge >= 0.3 is 0 Å². The molecule has 2 fully saturated rings. The molecular weight excluding hydrogens is 508 g/mol. The molecule has 2 aromatic rings. The molecule has 3 heterocycles. The molecule has 2 amide bonds. The molecule has 10 nitrogen and oxygen atoms in total. The third kappa shape index (κ3) is 5.30. The second-order valence-electron chi connectivity index (χ2n) is 9.76. The molecule has 38 heavy (non-hydrogen) atoms. The molecule has 0 saturated carbocycles. The molecule has 0 bridgehead atoms. The molecule has 0 unspecified atom stereocenters. The van der Waals surface area contributed by atoms with E-state index < -0.39 is 10.0 Å². The van der Waals surface area contributed by atoms with E-state index in [0.29, 0.717) is 50.7 Å². The Labute approximate surface area is 223 Å². The van der Waals surface area contributed by atoms with Crippen molar-refractivity contribution >= 4 is 33.2 Å². The molecule has 2 aromatic carbocycles. The maximum absolute atomic E-state index is 13.4. The molecule has 11 heteroatoms. The summed E-state index contributed by atoms with van der Waals surface area (Å²) in [4.78, 5) is 31.5. The lowest BCUT2D eigenvalue weighted by Gasteiger charge is -2.38. The molecule has 0 N–H and O–H groups in total. The normalized spacial score (nSPS) is 19.0. The van der Waals surface area contributed by atoms with Gasteiger partial charge in [0.25, 0.3) is 5.91 Å². The number of benzene rings is 2. The van der Waals surface area contributed by atoms with Crippen molar-refractivity contribution in [3.63, 3.8) is 0 Å². The van der Waals surface area contributed by atoms with Crippen LogP contribution in [0, 0.1) is 0 Å². The highest BCUT2D eigenvalue weighted by molar-refractivity contribution is 7.89. The first-order valence-corrected chi connectivity index (χ1v) is 14.6. The highest BCUT2D eigenvalue weighted by Crippen LogP contribution is 2.35. The molecule has 0 atom stereocenters. The van der Waals surface area contributed by atoms with Crippen LogP contribution in [0.2, 0.25) is 0 Å². The third-order valence-electron chi connectivity index (χ3n) is 7.43. The monoisotopic (exact) mass is 542 g/mol. The molecular formula is C27H34N4O6S. The number of amides is 2. The van der Waals surface area contributed by atoms with Gasteiger partial charge in [0, 0.05) is 39.3 Å². The van der Waals surface area contributed by atoms with E-state index in [2.05, 4.69) is 4.90 Å². The fraction of sp³-hybridized carbons (Fsp3) is 0.481. The summed E-state index contributed by atoms with van der Waals surface area (Å²) in [6, 6.07) is 12.4. The summed E-state index contributed by atoms with van der Waals surface area (Å²) in [5.41, 5.74) is 1.30. The van der Waals surface area contributed by atoms with E-state index in [0.717, 1.165) is 37.1 Å². The van der Waals surface area contributed by atoms with Crippen molar-refractivity contribution in [2.75, 3.05) is 69.3 Å². The largest absolute Gasteiger partial charge is 0.495 e. The number of fused-ring (bicyclic) bond motifs is 1. The summed E-state index contributed by atoms with van der Waals surface area (Å²) in [6.07, 6.45) is 3.69. The van der Waals surface area contributed by atoms with E-state index in [4.69, 9.17) is 9.47 Å². The molecule has 3 aliphatic heterocycles. The van der Waals surface area contributed by atoms with Crippen LogP contribution in [0.15, 0.2) is 47.4 Å². The number of para-hydroxylation sites is 2. The molecule has 0 aliphatic carbocycles. The fourth-order valence-electron chi connectivity index (χ4n) is 5.27. The van der Waals surface area contributed by atoms with E-state index in [1.165, 1.54) is 21.3 Å². The number of methoxy groups -OCH3 is 1. The molecule has 0 aromatic heterocycles. The van der Waals surface area contributed by atoms with Gasteiger partial charge in [-0.1, -0.05) is 25.0 Å². The lowest BCUT2D eigenvalue weighted by molar-refractivity contribution is -0.132. The van der Waals surface area contributed by atoms with Crippen LogP contribution in [0.3, 0.4) is 0 Å². The average molecular weight is 543 g/mol. The number of hydrogen-bond acceptors (Lipinski definition) is 7. The molecule has 2 saturated heterocycles. The van der Waals surface area contributed by atoms with E-state index in [1.807, 2.05) is 24.3 Å². The lowest BCUT2D eigenvalue weighted by Crippen LogP contribution is -2.53. The predicted octanol–water partition coefficient (Wildman–Crippen LogP) is 2.33. The summed E-state index contributed by atoms with van der Waals surface area (Å²) >= 11 is 0. The molecule has 5 rings (SSSR count). The smallest absolute Gasteiger partial charge is 0.265 e. The summed E-state index contributed by atoms with van der Waals surface area (Å²) in [6.45, 7) is 2.89. The van der Waals surface area contributed by atoms with E-state index >= 15 is 0 Å². The summed E-state index contributed by atoms with van der Waals surface area (Å²) in [5.74, 6) is 0.622. The van der Waals surface area contributed by atoms with Gasteiger partial charge in [-0.2, -0.15) is 4.31 Å². The topological polar surface area (TPSA) is 99.7 Å². The first-order chi connectivity index (χ1) is 18.4. The van der Waals surface area contributed by atoms with Crippen LogP contribution < -0.4 is 19.3 Å². The molecule has 204 valence electrons. The SMILES string of the molecule is COc1ccccc1N1CCN(C(=O)CN2C(=O)COc3ccc(S(=O)(=O)N4CCCCCC4)cc32)CC1. The number of hydrogen-bond donors (Lipinski definition) is 0. The van der Waals surface area contributed by atoms with Crippen molar-refractivity contribution in [2.45, 2.75) is 30.6 Å².